The maximum atomic E-state index is 9.03. The number of hydrogen-bond acceptors (Lipinski definition) is 3. The fourth-order valence-corrected chi connectivity index (χ4v) is 1.54. The van der Waals surface area contributed by atoms with E-state index in [4.69, 9.17) is 9.84 Å². The summed E-state index contributed by atoms with van der Waals surface area (Å²) in [5.41, 5.74) is 0. The molecule has 0 bridgehead atoms. The van der Waals surface area contributed by atoms with E-state index in [2.05, 4.69) is 0 Å². The van der Waals surface area contributed by atoms with E-state index in [1.54, 1.807) is 24.3 Å². The van der Waals surface area contributed by atoms with Gasteiger partial charge >= 0.3 is 26.2 Å². The molecular weight excluding hydrogens is 346 g/mol. The van der Waals surface area contributed by atoms with Gasteiger partial charge in [-0.3, -0.25) is 0 Å². The Kier molecular flexibility index (Phi) is 10.4. The molecule has 16 heavy (non-hydrogen) atoms. The van der Waals surface area contributed by atoms with Gasteiger partial charge in [-0.1, -0.05) is 0 Å². The number of phenolic OH excluding ortho intramolecular Hbond substituents is 1. The third-order valence-electron chi connectivity index (χ3n) is 1.55. The second-order valence-electron chi connectivity index (χ2n) is 2.53. The summed E-state index contributed by atoms with van der Waals surface area (Å²) in [5, 5.41) is 11.8. The monoisotopic (exact) mass is 352 g/mol. The van der Waals surface area contributed by atoms with Gasteiger partial charge in [-0.25, -0.2) is 0 Å². The van der Waals surface area contributed by atoms with Crippen molar-refractivity contribution in [3.05, 3.63) is 41.8 Å². The summed E-state index contributed by atoms with van der Waals surface area (Å²) in [7, 11) is 0. The van der Waals surface area contributed by atoms with Crippen LogP contribution in [-0.2, 0) is 26.2 Å². The molecule has 0 spiro atoms. The first-order valence-corrected chi connectivity index (χ1v) is 4.73. The van der Waals surface area contributed by atoms with Gasteiger partial charge in [0.2, 0.25) is 0 Å². The van der Waals surface area contributed by atoms with Crippen molar-refractivity contribution in [3.8, 4) is 16.6 Å². The molecule has 0 saturated heterocycles. The minimum Gasteiger partial charge on any atom is -1.00 e. The van der Waals surface area contributed by atoms with Crippen LogP contribution in [0.25, 0.3) is 0 Å². The van der Waals surface area contributed by atoms with Crippen LogP contribution in [-0.4, -0.2) is 5.11 Å². The van der Waals surface area contributed by atoms with Gasteiger partial charge in [0.25, 0.3) is 0 Å². The molecule has 2 nitrogen and oxygen atoms in total. The van der Waals surface area contributed by atoms with E-state index in [1.165, 1.54) is 11.3 Å². The minimum atomic E-state index is 0. The van der Waals surface area contributed by atoms with Gasteiger partial charge in [0.05, 0.1) is 0 Å². The molecule has 84 valence electrons. The number of phenols is 1. The molecule has 0 aliphatic carbocycles. The van der Waals surface area contributed by atoms with Crippen LogP contribution in [0.1, 0.15) is 0 Å². The first-order chi connectivity index (χ1) is 6.34. The molecule has 0 atom stereocenters. The summed E-state index contributed by atoms with van der Waals surface area (Å²) < 4.78 is 5.48. The molecular formula is C10H8Cl2O2SZr. The molecule has 0 aliphatic heterocycles. The van der Waals surface area contributed by atoms with Crippen LogP contribution in [0.5, 0.6) is 16.6 Å². The summed E-state index contributed by atoms with van der Waals surface area (Å²) in [4.78, 5) is 0. The Balaban J connectivity index is 0. The van der Waals surface area contributed by atoms with Crippen LogP contribution in [0.15, 0.2) is 41.8 Å². The Labute approximate surface area is 130 Å². The Morgan fingerprint density at radius 2 is 1.62 bits per heavy atom. The van der Waals surface area contributed by atoms with Crippen LogP contribution in [0.3, 0.4) is 0 Å². The number of ether oxygens (including phenoxy) is 1. The van der Waals surface area contributed by atoms with E-state index in [0.29, 0.717) is 0 Å². The van der Waals surface area contributed by atoms with Gasteiger partial charge in [-0.2, -0.15) is 0 Å². The van der Waals surface area contributed by atoms with Gasteiger partial charge < -0.3 is 34.7 Å². The standard InChI is InChI=1S/C10H8O2S.2ClH.Zr/c11-8-3-5-9(6-4-8)12-10-2-1-7-13-10;;;/h1-7,11H;2*1H;/q;;;+2/p-2. The number of benzene rings is 1. The van der Waals surface area contributed by atoms with E-state index >= 15 is 0 Å². The molecule has 2 rings (SSSR count). The zero-order chi connectivity index (χ0) is 9.10. The Bertz CT molecular complexity index is 378. The van der Waals surface area contributed by atoms with Crippen molar-refractivity contribution in [2.45, 2.75) is 0 Å². The zero-order valence-corrected chi connectivity index (χ0v) is 12.8. The molecule has 0 aliphatic rings. The Hall–Kier alpha value is -0.0169. The third-order valence-corrected chi connectivity index (χ3v) is 2.30. The summed E-state index contributed by atoms with van der Waals surface area (Å²) in [6, 6.07) is 10.5. The molecule has 2 aromatic rings. The van der Waals surface area contributed by atoms with Gasteiger partial charge in [0, 0.05) is 0 Å². The number of hydrogen-bond donors (Lipinski definition) is 1. The predicted molar refractivity (Wildman–Crippen MR) is 52.5 cm³/mol. The SMILES string of the molecule is Oc1ccc(Oc2cccs2)cc1.[Cl-].[Cl-].[Zr+2]. The van der Waals surface area contributed by atoms with Gasteiger partial charge in [-0.15, -0.1) is 11.3 Å². The van der Waals surface area contributed by atoms with Crippen LogP contribution in [0, 0.1) is 0 Å². The van der Waals surface area contributed by atoms with Crippen molar-refractivity contribution in [2.75, 3.05) is 0 Å². The first kappa shape index (κ1) is 18.4. The van der Waals surface area contributed by atoms with Crippen molar-refractivity contribution in [2.24, 2.45) is 0 Å². The van der Waals surface area contributed by atoms with Crippen LogP contribution in [0.2, 0.25) is 0 Å². The van der Waals surface area contributed by atoms with E-state index in [0.717, 1.165) is 10.8 Å². The topological polar surface area (TPSA) is 29.5 Å². The summed E-state index contributed by atoms with van der Waals surface area (Å²) in [6.07, 6.45) is 0. The molecule has 0 fully saturated rings. The molecule has 1 N–H and O–H groups in total. The van der Waals surface area contributed by atoms with Crippen molar-refractivity contribution in [1.29, 1.82) is 0 Å². The normalized spacial score (nSPS) is 8.00. The molecule has 0 amide bonds. The van der Waals surface area contributed by atoms with Gasteiger partial charge in [0.15, 0.2) is 5.06 Å². The molecule has 1 aromatic heterocycles. The Morgan fingerprint density at radius 1 is 1.00 bits per heavy atom. The second-order valence-corrected chi connectivity index (χ2v) is 3.44. The number of thiophene rings is 1. The van der Waals surface area contributed by atoms with E-state index in [9.17, 15) is 0 Å². The van der Waals surface area contributed by atoms with E-state index in [-0.39, 0.29) is 56.8 Å². The first-order valence-electron chi connectivity index (χ1n) is 3.85. The van der Waals surface area contributed by atoms with E-state index in [1.807, 2.05) is 17.5 Å². The fourth-order valence-electron chi connectivity index (χ4n) is 0.952. The third kappa shape index (κ3) is 5.35. The fraction of sp³-hybridized carbons (Fsp3) is 0. The molecule has 0 unspecified atom stereocenters. The maximum Gasteiger partial charge on any atom is 2.00 e. The van der Waals surface area contributed by atoms with Gasteiger partial charge in [0.1, 0.15) is 11.5 Å². The van der Waals surface area contributed by atoms with Crippen LogP contribution in [0.4, 0.5) is 0 Å². The van der Waals surface area contributed by atoms with Crippen molar-refractivity contribution in [3.63, 3.8) is 0 Å². The zero-order valence-electron chi connectivity index (χ0n) is 8.06. The summed E-state index contributed by atoms with van der Waals surface area (Å²) >= 11 is 1.54. The van der Waals surface area contributed by atoms with Crippen LogP contribution < -0.4 is 29.6 Å². The Morgan fingerprint density at radius 3 is 2.12 bits per heavy atom. The summed E-state index contributed by atoms with van der Waals surface area (Å²) in [5.74, 6) is 0.985. The second kappa shape index (κ2) is 9.06. The average Bonchev–Trinajstić information content (AvgIpc) is 2.62. The summed E-state index contributed by atoms with van der Waals surface area (Å²) in [6.45, 7) is 0. The molecule has 0 saturated carbocycles. The largest absolute Gasteiger partial charge is 2.00 e. The number of rotatable bonds is 2. The van der Waals surface area contributed by atoms with Crippen molar-refractivity contribution < 1.29 is 60.9 Å². The molecule has 1 heterocycles. The minimum absolute atomic E-state index is 0. The van der Waals surface area contributed by atoms with Crippen LogP contribution >= 0.6 is 11.3 Å². The predicted octanol–water partition coefficient (Wildman–Crippen LogP) is -2.75. The number of aromatic hydroxyl groups is 1. The van der Waals surface area contributed by atoms with Gasteiger partial charge in [-0.05, 0) is 41.8 Å². The smallest absolute Gasteiger partial charge is 1.00 e. The maximum absolute atomic E-state index is 9.03. The number of halogens is 2. The van der Waals surface area contributed by atoms with E-state index < -0.39 is 0 Å². The van der Waals surface area contributed by atoms with Crippen molar-refractivity contribution in [1.82, 2.24) is 0 Å². The molecule has 1 aromatic carbocycles. The molecule has 0 radical (unpaired) electrons. The average molecular weight is 354 g/mol. The molecule has 6 heteroatoms. The van der Waals surface area contributed by atoms with Crippen molar-refractivity contribution >= 4 is 11.3 Å². The quantitative estimate of drug-likeness (QED) is 0.634.